The van der Waals surface area contributed by atoms with Crippen LogP contribution in [0.1, 0.15) is 37.5 Å². The molecule has 0 unspecified atom stereocenters. The number of likely N-dealkylation sites (tertiary alicyclic amines) is 1. The van der Waals surface area contributed by atoms with Crippen LogP contribution in [0.5, 0.6) is 0 Å². The van der Waals surface area contributed by atoms with E-state index in [1.807, 2.05) is 18.2 Å². The molecule has 0 aliphatic carbocycles. The van der Waals surface area contributed by atoms with Gasteiger partial charge in [0.25, 0.3) is 0 Å². The van der Waals surface area contributed by atoms with Gasteiger partial charge in [-0.2, -0.15) is 0 Å². The number of aryl methyl sites for hydroxylation is 1. The summed E-state index contributed by atoms with van der Waals surface area (Å²) < 4.78 is 7.54. The molecule has 2 aromatic rings. The van der Waals surface area contributed by atoms with Gasteiger partial charge < -0.3 is 14.2 Å². The molecule has 0 radical (unpaired) electrons. The summed E-state index contributed by atoms with van der Waals surface area (Å²) in [7, 11) is 2.06. The number of nitrogens with zero attached hydrogens (tertiary/aromatic N) is 3. The van der Waals surface area contributed by atoms with Gasteiger partial charge >= 0.3 is 0 Å². The number of ether oxygens (including phenoxy) is 1. The Balaban J connectivity index is 1.63. The first-order valence-corrected chi connectivity index (χ1v) is 8.55. The molecule has 3 heterocycles. The zero-order valence-electron chi connectivity index (χ0n) is 13.6. The van der Waals surface area contributed by atoms with Gasteiger partial charge in [-0.05, 0) is 37.8 Å². The summed E-state index contributed by atoms with van der Waals surface area (Å²) in [6.07, 6.45) is 3.77. The monoisotopic (exact) mass is 313 g/mol. The van der Waals surface area contributed by atoms with E-state index in [-0.39, 0.29) is 12.0 Å². The number of hydrogen-bond acceptors (Lipinski definition) is 3. The minimum atomic E-state index is 0.114. The van der Waals surface area contributed by atoms with E-state index in [0.717, 1.165) is 49.1 Å². The molecule has 5 nitrogen and oxygen atoms in total. The number of amides is 1. The Labute approximate surface area is 136 Å². The Hall–Kier alpha value is -1.88. The first kappa shape index (κ1) is 14.7. The van der Waals surface area contributed by atoms with Crippen LogP contribution in [0.15, 0.2) is 24.3 Å². The third kappa shape index (κ3) is 2.53. The maximum absolute atomic E-state index is 12.9. The summed E-state index contributed by atoms with van der Waals surface area (Å²) in [6, 6.07) is 8.29. The zero-order valence-corrected chi connectivity index (χ0v) is 13.6. The highest BCUT2D eigenvalue weighted by molar-refractivity contribution is 5.80. The van der Waals surface area contributed by atoms with E-state index in [9.17, 15) is 4.79 Å². The number of imidazole rings is 1. The van der Waals surface area contributed by atoms with Crippen molar-refractivity contribution >= 4 is 16.9 Å². The molecule has 0 saturated carbocycles. The Morgan fingerprint density at radius 2 is 2.00 bits per heavy atom. The lowest BCUT2D eigenvalue weighted by Crippen LogP contribution is -2.38. The van der Waals surface area contributed by atoms with Crippen molar-refractivity contribution in [3.63, 3.8) is 0 Å². The van der Waals surface area contributed by atoms with Gasteiger partial charge in [0.05, 0.1) is 17.1 Å². The van der Waals surface area contributed by atoms with Crippen LogP contribution >= 0.6 is 0 Å². The van der Waals surface area contributed by atoms with Crippen LogP contribution in [0.3, 0.4) is 0 Å². The molecule has 1 amide bonds. The van der Waals surface area contributed by atoms with Gasteiger partial charge in [-0.25, -0.2) is 4.98 Å². The predicted octanol–water partition coefficient (Wildman–Crippen LogP) is 2.66. The number of hydrogen-bond donors (Lipinski definition) is 0. The van der Waals surface area contributed by atoms with Gasteiger partial charge in [0.15, 0.2) is 0 Å². The zero-order chi connectivity index (χ0) is 15.8. The number of fused-ring (bicyclic) bond motifs is 1. The molecule has 2 saturated heterocycles. The highest BCUT2D eigenvalue weighted by Crippen LogP contribution is 2.35. The Morgan fingerprint density at radius 3 is 2.78 bits per heavy atom. The van der Waals surface area contributed by atoms with Crippen LogP contribution in [0.25, 0.3) is 11.0 Å². The molecule has 122 valence electrons. The fourth-order valence-electron chi connectivity index (χ4n) is 3.94. The molecular weight excluding hydrogens is 290 g/mol. The van der Waals surface area contributed by atoms with Gasteiger partial charge in [-0.3, -0.25) is 4.79 Å². The molecule has 2 aliphatic rings. The van der Waals surface area contributed by atoms with Crippen molar-refractivity contribution in [2.75, 3.05) is 19.8 Å². The largest absolute Gasteiger partial charge is 0.381 e. The summed E-state index contributed by atoms with van der Waals surface area (Å²) in [5, 5.41) is 0. The standard InChI is InChI=1S/C18H23N3O2/c1-20-15-6-3-2-5-14(15)19-17(20)16-7-4-10-21(16)18(22)13-8-11-23-12-9-13/h2-3,5-6,13,16H,4,7-12H2,1H3/t16-/m0/s1. The van der Waals surface area contributed by atoms with E-state index in [1.165, 1.54) is 0 Å². The molecule has 1 aromatic heterocycles. The molecule has 23 heavy (non-hydrogen) atoms. The Bertz CT molecular complexity index is 718. The molecule has 2 aliphatic heterocycles. The van der Waals surface area contributed by atoms with E-state index >= 15 is 0 Å². The summed E-state index contributed by atoms with van der Waals surface area (Å²) in [5.74, 6) is 1.44. The predicted molar refractivity (Wildman–Crippen MR) is 87.9 cm³/mol. The third-order valence-electron chi connectivity index (χ3n) is 5.23. The van der Waals surface area contributed by atoms with Crippen LogP contribution in [-0.2, 0) is 16.6 Å². The molecule has 0 bridgehead atoms. The third-order valence-corrected chi connectivity index (χ3v) is 5.23. The van der Waals surface area contributed by atoms with E-state index in [1.54, 1.807) is 0 Å². The van der Waals surface area contributed by atoms with Crippen molar-refractivity contribution in [2.45, 2.75) is 31.7 Å². The number of para-hydroxylation sites is 2. The van der Waals surface area contributed by atoms with Gasteiger partial charge in [0.2, 0.25) is 5.91 Å². The average Bonchev–Trinajstić information content (AvgIpc) is 3.20. The quantitative estimate of drug-likeness (QED) is 0.856. The first-order valence-electron chi connectivity index (χ1n) is 8.55. The smallest absolute Gasteiger partial charge is 0.226 e. The minimum Gasteiger partial charge on any atom is -0.381 e. The van der Waals surface area contributed by atoms with Crippen LogP contribution in [0, 0.1) is 5.92 Å². The maximum atomic E-state index is 12.9. The molecule has 2 fully saturated rings. The highest BCUT2D eigenvalue weighted by atomic mass is 16.5. The van der Waals surface area contributed by atoms with Gasteiger partial charge in [-0.1, -0.05) is 12.1 Å². The number of carbonyl (C=O) groups is 1. The van der Waals surface area contributed by atoms with Crippen LogP contribution in [0.4, 0.5) is 0 Å². The topological polar surface area (TPSA) is 47.4 Å². The van der Waals surface area contributed by atoms with Crippen molar-refractivity contribution in [3.05, 3.63) is 30.1 Å². The van der Waals surface area contributed by atoms with Crippen LogP contribution < -0.4 is 0 Å². The van der Waals surface area contributed by atoms with E-state index < -0.39 is 0 Å². The molecule has 0 N–H and O–H groups in total. The lowest BCUT2D eigenvalue weighted by molar-refractivity contribution is -0.139. The Kier molecular flexibility index (Phi) is 3.81. The van der Waals surface area contributed by atoms with Gasteiger partial charge in [0, 0.05) is 32.7 Å². The molecule has 5 heteroatoms. The molecule has 4 rings (SSSR count). The van der Waals surface area contributed by atoms with Crippen molar-refractivity contribution in [3.8, 4) is 0 Å². The Morgan fingerprint density at radius 1 is 1.22 bits per heavy atom. The number of rotatable bonds is 2. The number of carbonyl (C=O) groups excluding carboxylic acids is 1. The maximum Gasteiger partial charge on any atom is 0.226 e. The fourth-order valence-corrected chi connectivity index (χ4v) is 3.94. The first-order chi connectivity index (χ1) is 11.3. The van der Waals surface area contributed by atoms with E-state index in [2.05, 4.69) is 22.6 Å². The van der Waals surface area contributed by atoms with Gasteiger partial charge in [0.1, 0.15) is 5.82 Å². The summed E-state index contributed by atoms with van der Waals surface area (Å²) in [4.78, 5) is 19.8. The SMILES string of the molecule is Cn1c([C@@H]2CCCN2C(=O)C2CCOCC2)nc2ccccc21. The lowest BCUT2D eigenvalue weighted by Gasteiger charge is -2.30. The normalized spacial score (nSPS) is 22.8. The molecular formula is C18H23N3O2. The minimum absolute atomic E-state index is 0.114. The average molecular weight is 313 g/mol. The molecule has 0 spiro atoms. The number of benzene rings is 1. The molecule has 1 aromatic carbocycles. The summed E-state index contributed by atoms with van der Waals surface area (Å²) in [5.41, 5.74) is 2.14. The molecule has 1 atom stereocenters. The van der Waals surface area contributed by atoms with Crippen molar-refractivity contribution in [1.82, 2.24) is 14.5 Å². The second kappa shape index (κ2) is 5.96. The van der Waals surface area contributed by atoms with Crippen molar-refractivity contribution in [2.24, 2.45) is 13.0 Å². The van der Waals surface area contributed by atoms with Gasteiger partial charge in [-0.15, -0.1) is 0 Å². The van der Waals surface area contributed by atoms with Crippen LogP contribution in [-0.4, -0.2) is 40.1 Å². The number of aromatic nitrogens is 2. The van der Waals surface area contributed by atoms with Crippen LogP contribution in [0.2, 0.25) is 0 Å². The fraction of sp³-hybridized carbons (Fsp3) is 0.556. The lowest BCUT2D eigenvalue weighted by atomic mass is 9.98. The van der Waals surface area contributed by atoms with Crippen molar-refractivity contribution in [1.29, 1.82) is 0 Å². The van der Waals surface area contributed by atoms with E-state index in [4.69, 9.17) is 9.72 Å². The van der Waals surface area contributed by atoms with Crippen molar-refractivity contribution < 1.29 is 9.53 Å². The summed E-state index contributed by atoms with van der Waals surface area (Å²) in [6.45, 7) is 2.27. The highest BCUT2D eigenvalue weighted by Gasteiger charge is 2.36. The summed E-state index contributed by atoms with van der Waals surface area (Å²) >= 11 is 0. The second-order valence-corrected chi connectivity index (χ2v) is 6.59. The van der Waals surface area contributed by atoms with E-state index in [0.29, 0.717) is 19.1 Å². The second-order valence-electron chi connectivity index (χ2n) is 6.59.